The molecule has 0 N–H and O–H groups in total. The maximum atomic E-state index is 4.19. The zero-order valence-electron chi connectivity index (χ0n) is 7.67. The van der Waals surface area contributed by atoms with Crippen LogP contribution >= 0.6 is 0 Å². The van der Waals surface area contributed by atoms with Gasteiger partial charge in [-0.1, -0.05) is 18.2 Å². The van der Waals surface area contributed by atoms with Crippen molar-refractivity contribution in [2.75, 3.05) is 0 Å². The van der Waals surface area contributed by atoms with E-state index in [9.17, 15) is 0 Å². The van der Waals surface area contributed by atoms with Crippen LogP contribution < -0.4 is 0 Å². The van der Waals surface area contributed by atoms with Crippen LogP contribution in [-0.4, -0.2) is 9.97 Å². The van der Waals surface area contributed by atoms with Gasteiger partial charge in [0, 0.05) is 18.6 Å². The monoisotopic (exact) mass is 182 g/mol. The molecule has 0 aliphatic rings. The number of aromatic nitrogens is 2. The molecule has 2 nitrogen and oxygen atoms in total. The molecule has 0 spiro atoms. The fraction of sp³-hybridized carbons (Fsp3) is 0. The van der Waals surface area contributed by atoms with Crippen LogP contribution in [0.1, 0.15) is 11.3 Å². The van der Waals surface area contributed by atoms with Crippen LogP contribution in [0.4, 0.5) is 0 Å². The highest BCUT2D eigenvalue weighted by atomic mass is 14.6. The van der Waals surface area contributed by atoms with Gasteiger partial charge >= 0.3 is 0 Å². The number of nitrogens with zero attached hydrogens (tertiary/aromatic N) is 2. The van der Waals surface area contributed by atoms with Crippen molar-refractivity contribution in [1.29, 1.82) is 0 Å². The van der Waals surface area contributed by atoms with E-state index >= 15 is 0 Å². The Bertz CT molecular complexity index is 365. The summed E-state index contributed by atoms with van der Waals surface area (Å²) in [6.07, 6.45) is 9.33. The lowest BCUT2D eigenvalue weighted by atomic mass is 10.2. The zero-order chi connectivity index (χ0) is 9.64. The van der Waals surface area contributed by atoms with Gasteiger partial charge in [-0.15, -0.1) is 0 Å². The lowest BCUT2D eigenvalue weighted by Gasteiger charge is -1.91. The van der Waals surface area contributed by atoms with Crippen LogP contribution in [0, 0.1) is 0 Å². The number of hydrogen-bond acceptors (Lipinski definition) is 2. The van der Waals surface area contributed by atoms with E-state index in [4.69, 9.17) is 0 Å². The Kier molecular flexibility index (Phi) is 2.67. The molecule has 0 saturated carbocycles. The predicted molar refractivity (Wildman–Crippen MR) is 57.4 cm³/mol. The summed E-state index contributed by atoms with van der Waals surface area (Å²) in [5.41, 5.74) is 2.04. The third-order valence-corrected chi connectivity index (χ3v) is 1.82. The van der Waals surface area contributed by atoms with Gasteiger partial charge in [0.1, 0.15) is 0 Å². The Morgan fingerprint density at radius 3 is 2.64 bits per heavy atom. The Labute approximate surface area is 83.0 Å². The summed E-state index contributed by atoms with van der Waals surface area (Å²) in [7, 11) is 0. The molecule has 0 aliphatic heterocycles. The van der Waals surface area contributed by atoms with E-state index in [2.05, 4.69) is 9.97 Å². The largest absolute Gasteiger partial charge is 0.264 e. The molecule has 0 bridgehead atoms. The first-order valence-electron chi connectivity index (χ1n) is 4.44. The summed E-state index contributed by atoms with van der Waals surface area (Å²) in [4.78, 5) is 8.21. The molecular formula is C12H10N2. The number of rotatable bonds is 2. The molecule has 2 aromatic heterocycles. The average Bonchev–Trinajstić information content (AvgIpc) is 2.29. The average molecular weight is 182 g/mol. The van der Waals surface area contributed by atoms with Crippen molar-refractivity contribution in [2.24, 2.45) is 0 Å². The Morgan fingerprint density at radius 1 is 0.929 bits per heavy atom. The lowest BCUT2D eigenvalue weighted by Crippen LogP contribution is -1.77. The molecule has 2 heterocycles. The molecule has 0 amide bonds. The first kappa shape index (κ1) is 8.63. The van der Waals surface area contributed by atoms with E-state index in [-0.39, 0.29) is 0 Å². The van der Waals surface area contributed by atoms with Gasteiger partial charge in [-0.05, 0) is 29.8 Å². The van der Waals surface area contributed by atoms with E-state index < -0.39 is 0 Å². The predicted octanol–water partition coefficient (Wildman–Crippen LogP) is 2.65. The van der Waals surface area contributed by atoms with Gasteiger partial charge in [0.15, 0.2) is 0 Å². The third-order valence-electron chi connectivity index (χ3n) is 1.82. The first-order valence-corrected chi connectivity index (χ1v) is 4.44. The Balaban J connectivity index is 2.16. The van der Waals surface area contributed by atoms with Gasteiger partial charge < -0.3 is 0 Å². The van der Waals surface area contributed by atoms with Crippen molar-refractivity contribution in [3.63, 3.8) is 0 Å². The third kappa shape index (κ3) is 2.26. The second-order valence-corrected chi connectivity index (χ2v) is 2.87. The van der Waals surface area contributed by atoms with E-state index in [0.29, 0.717) is 0 Å². The van der Waals surface area contributed by atoms with E-state index in [0.717, 1.165) is 11.3 Å². The molecule has 0 aliphatic carbocycles. The minimum Gasteiger partial charge on any atom is -0.264 e. The van der Waals surface area contributed by atoms with Crippen molar-refractivity contribution < 1.29 is 0 Å². The molecule has 0 unspecified atom stereocenters. The maximum absolute atomic E-state index is 4.19. The lowest BCUT2D eigenvalue weighted by molar-refractivity contribution is 1.29. The smallest absolute Gasteiger partial charge is 0.0629 e. The fourth-order valence-electron chi connectivity index (χ4n) is 1.13. The number of pyridine rings is 2. The van der Waals surface area contributed by atoms with Crippen molar-refractivity contribution in [3.05, 3.63) is 60.2 Å². The molecule has 0 aromatic carbocycles. The molecule has 0 fully saturated rings. The molecule has 68 valence electrons. The van der Waals surface area contributed by atoms with E-state index in [1.807, 2.05) is 48.7 Å². The molecular weight excluding hydrogens is 172 g/mol. The topological polar surface area (TPSA) is 25.8 Å². The molecule has 0 atom stereocenters. The van der Waals surface area contributed by atoms with Crippen LogP contribution in [0.15, 0.2) is 48.9 Å². The van der Waals surface area contributed by atoms with E-state index in [1.165, 1.54) is 0 Å². The molecule has 2 heteroatoms. The van der Waals surface area contributed by atoms with Crippen molar-refractivity contribution in [1.82, 2.24) is 9.97 Å². The van der Waals surface area contributed by atoms with Gasteiger partial charge in [-0.2, -0.15) is 0 Å². The van der Waals surface area contributed by atoms with Crippen LogP contribution in [-0.2, 0) is 0 Å². The summed E-state index contributed by atoms with van der Waals surface area (Å²) in [6.45, 7) is 0. The van der Waals surface area contributed by atoms with Crippen molar-refractivity contribution >= 4 is 12.2 Å². The van der Waals surface area contributed by atoms with Crippen LogP contribution in [0.5, 0.6) is 0 Å². The summed E-state index contributed by atoms with van der Waals surface area (Å²) < 4.78 is 0. The van der Waals surface area contributed by atoms with Crippen molar-refractivity contribution in [3.8, 4) is 0 Å². The highest BCUT2D eigenvalue weighted by Gasteiger charge is 1.86. The minimum absolute atomic E-state index is 0.955. The highest BCUT2D eigenvalue weighted by molar-refractivity contribution is 5.67. The maximum Gasteiger partial charge on any atom is 0.0629 e. The standard InChI is InChI=1S/C12H10N2/c1-2-9-14-12(5-1)7-6-11-4-3-8-13-10-11/h1-10H/b7-6-. The quantitative estimate of drug-likeness (QED) is 0.713. The van der Waals surface area contributed by atoms with Gasteiger partial charge in [-0.3, -0.25) is 9.97 Å². The second kappa shape index (κ2) is 4.33. The molecule has 0 radical (unpaired) electrons. The van der Waals surface area contributed by atoms with Crippen LogP contribution in [0.2, 0.25) is 0 Å². The van der Waals surface area contributed by atoms with E-state index in [1.54, 1.807) is 12.4 Å². The van der Waals surface area contributed by atoms with Gasteiger partial charge in [0.25, 0.3) is 0 Å². The first-order chi connectivity index (χ1) is 6.95. The minimum atomic E-state index is 0.955. The Hall–Kier alpha value is -1.96. The molecule has 0 saturated heterocycles. The summed E-state index contributed by atoms with van der Waals surface area (Å²) in [5, 5.41) is 0. The van der Waals surface area contributed by atoms with Crippen molar-refractivity contribution in [2.45, 2.75) is 0 Å². The molecule has 14 heavy (non-hydrogen) atoms. The van der Waals surface area contributed by atoms with Crippen LogP contribution in [0.25, 0.3) is 12.2 Å². The summed E-state index contributed by atoms with van der Waals surface area (Å²) >= 11 is 0. The zero-order valence-corrected chi connectivity index (χ0v) is 7.67. The molecule has 2 aromatic rings. The SMILES string of the molecule is C(=C/c1ccccn1)/c1cccnc1. The summed E-state index contributed by atoms with van der Waals surface area (Å²) in [5.74, 6) is 0. The Morgan fingerprint density at radius 2 is 1.93 bits per heavy atom. The summed E-state index contributed by atoms with van der Waals surface area (Å²) in [6, 6.07) is 9.76. The highest BCUT2D eigenvalue weighted by Crippen LogP contribution is 2.03. The van der Waals surface area contributed by atoms with Gasteiger partial charge in [0.2, 0.25) is 0 Å². The van der Waals surface area contributed by atoms with Crippen LogP contribution in [0.3, 0.4) is 0 Å². The second-order valence-electron chi connectivity index (χ2n) is 2.87. The van der Waals surface area contributed by atoms with Gasteiger partial charge in [0.05, 0.1) is 5.69 Å². The molecule has 2 rings (SSSR count). The fourth-order valence-corrected chi connectivity index (χ4v) is 1.13. The normalized spacial score (nSPS) is 10.6. The number of hydrogen-bond donors (Lipinski definition) is 0. The van der Waals surface area contributed by atoms with Gasteiger partial charge in [-0.25, -0.2) is 0 Å².